The van der Waals surface area contributed by atoms with Crippen molar-refractivity contribution >= 4 is 17.1 Å². The van der Waals surface area contributed by atoms with E-state index in [9.17, 15) is 9.59 Å². The molecule has 4 rings (SSSR count). The Morgan fingerprint density at radius 2 is 1.87 bits per heavy atom. The number of aromatic nitrogens is 4. The van der Waals surface area contributed by atoms with Crippen LogP contribution in [0.3, 0.4) is 0 Å². The highest BCUT2D eigenvalue weighted by Crippen LogP contribution is 2.24. The molecule has 2 aromatic heterocycles. The molecule has 1 fully saturated rings. The molecule has 3 heterocycles. The van der Waals surface area contributed by atoms with Gasteiger partial charge in [-0.05, 0) is 31.9 Å². The summed E-state index contributed by atoms with van der Waals surface area (Å²) in [6, 6.07) is 6.33. The Morgan fingerprint density at radius 3 is 2.55 bits per heavy atom. The Balaban J connectivity index is 1.80. The SMILES string of the molecule is C=C(C)CN1CCN(c2nc3c(c(=O)[nH]c(=O)n3C)n2Cc2cc(C)ccc2C)CC1. The van der Waals surface area contributed by atoms with Gasteiger partial charge in [-0.3, -0.25) is 23.8 Å². The molecule has 8 nitrogen and oxygen atoms in total. The van der Waals surface area contributed by atoms with Crippen LogP contribution in [0.4, 0.5) is 5.95 Å². The molecule has 1 aromatic carbocycles. The topological polar surface area (TPSA) is 79.2 Å². The van der Waals surface area contributed by atoms with Crippen molar-refractivity contribution in [2.45, 2.75) is 27.3 Å². The van der Waals surface area contributed by atoms with E-state index in [1.807, 2.05) is 11.5 Å². The summed E-state index contributed by atoms with van der Waals surface area (Å²) in [4.78, 5) is 36.8. The fourth-order valence-corrected chi connectivity index (χ4v) is 4.24. The Hall–Kier alpha value is -3.13. The van der Waals surface area contributed by atoms with Crippen LogP contribution in [0, 0.1) is 13.8 Å². The predicted octanol–water partition coefficient (Wildman–Crippen LogP) is 1.79. The van der Waals surface area contributed by atoms with Crippen molar-refractivity contribution in [3.63, 3.8) is 0 Å². The minimum absolute atomic E-state index is 0.400. The molecule has 1 saturated heterocycles. The summed E-state index contributed by atoms with van der Waals surface area (Å²) in [5.74, 6) is 0.734. The number of H-pyrrole nitrogens is 1. The number of benzene rings is 1. The quantitative estimate of drug-likeness (QED) is 0.634. The second kappa shape index (κ2) is 8.19. The molecule has 0 spiro atoms. The molecular formula is C23H30N6O2. The number of aromatic amines is 1. The number of nitrogens with zero attached hydrogens (tertiary/aromatic N) is 5. The molecule has 0 unspecified atom stereocenters. The number of hydrogen-bond acceptors (Lipinski definition) is 5. The Bertz CT molecular complexity index is 1260. The maximum absolute atomic E-state index is 12.8. The first-order valence-corrected chi connectivity index (χ1v) is 10.6. The molecule has 1 N–H and O–H groups in total. The average molecular weight is 423 g/mol. The second-order valence-corrected chi connectivity index (χ2v) is 8.64. The standard InChI is InChI=1S/C23H30N6O2/c1-15(2)13-27-8-10-28(11-9-27)22-24-20-19(21(30)25-23(31)26(20)5)29(22)14-18-12-16(3)6-7-17(18)4/h6-7,12H,1,8-11,13-14H2,2-5H3,(H,25,30,31). The van der Waals surface area contributed by atoms with Gasteiger partial charge in [0.25, 0.3) is 5.56 Å². The van der Waals surface area contributed by atoms with Gasteiger partial charge in [0.2, 0.25) is 5.95 Å². The summed E-state index contributed by atoms with van der Waals surface area (Å²) < 4.78 is 3.38. The molecule has 1 aliphatic heterocycles. The van der Waals surface area contributed by atoms with Crippen molar-refractivity contribution < 1.29 is 0 Å². The van der Waals surface area contributed by atoms with Crippen molar-refractivity contribution in [3.05, 3.63) is 67.9 Å². The summed E-state index contributed by atoms with van der Waals surface area (Å²) in [5, 5.41) is 0. The van der Waals surface area contributed by atoms with Crippen LogP contribution in [0.25, 0.3) is 11.2 Å². The van der Waals surface area contributed by atoms with Gasteiger partial charge in [0.05, 0.1) is 6.54 Å². The van der Waals surface area contributed by atoms with Crippen LogP contribution in [-0.2, 0) is 13.6 Å². The minimum atomic E-state index is -0.452. The van der Waals surface area contributed by atoms with Crippen LogP contribution in [0.1, 0.15) is 23.6 Å². The first kappa shape index (κ1) is 21.1. The molecule has 1 aliphatic rings. The van der Waals surface area contributed by atoms with Gasteiger partial charge in [0.1, 0.15) is 0 Å². The van der Waals surface area contributed by atoms with Crippen molar-refractivity contribution in [2.75, 3.05) is 37.6 Å². The second-order valence-electron chi connectivity index (χ2n) is 8.64. The lowest BCUT2D eigenvalue weighted by molar-refractivity contribution is 0.276. The number of hydrogen-bond donors (Lipinski definition) is 1. The summed E-state index contributed by atoms with van der Waals surface area (Å²) in [6.07, 6.45) is 0. The highest BCUT2D eigenvalue weighted by molar-refractivity contribution is 5.74. The van der Waals surface area contributed by atoms with Crippen molar-refractivity contribution in [1.82, 2.24) is 24.0 Å². The molecule has 0 saturated carbocycles. The minimum Gasteiger partial charge on any atom is -0.340 e. The number of piperazine rings is 1. The third-order valence-electron chi connectivity index (χ3n) is 5.97. The number of aryl methyl sites for hydroxylation is 3. The van der Waals surface area contributed by atoms with E-state index in [2.05, 4.69) is 53.4 Å². The summed E-state index contributed by atoms with van der Waals surface area (Å²) >= 11 is 0. The van der Waals surface area contributed by atoms with Crippen LogP contribution in [0.5, 0.6) is 0 Å². The normalized spacial score (nSPS) is 15.0. The highest BCUT2D eigenvalue weighted by Gasteiger charge is 2.25. The molecule has 0 radical (unpaired) electrons. The van der Waals surface area contributed by atoms with E-state index in [-0.39, 0.29) is 0 Å². The molecule has 0 amide bonds. The third kappa shape index (κ3) is 4.07. The number of rotatable bonds is 5. The van der Waals surface area contributed by atoms with Gasteiger partial charge in [-0.15, -0.1) is 0 Å². The van der Waals surface area contributed by atoms with Crippen LogP contribution in [-0.4, -0.2) is 56.7 Å². The molecule has 0 atom stereocenters. The van der Waals surface area contributed by atoms with E-state index in [1.165, 1.54) is 10.1 Å². The average Bonchev–Trinajstić information content (AvgIpc) is 3.09. The third-order valence-corrected chi connectivity index (χ3v) is 5.97. The Labute approximate surface area is 181 Å². The van der Waals surface area contributed by atoms with Gasteiger partial charge >= 0.3 is 5.69 Å². The molecule has 0 bridgehead atoms. The number of anilines is 1. The van der Waals surface area contributed by atoms with Gasteiger partial charge in [0.15, 0.2) is 11.2 Å². The Kier molecular flexibility index (Phi) is 5.58. The van der Waals surface area contributed by atoms with Crippen LogP contribution in [0.15, 0.2) is 39.9 Å². The molecule has 0 aliphatic carbocycles. The van der Waals surface area contributed by atoms with Gasteiger partial charge in [-0.2, -0.15) is 4.98 Å². The molecule has 8 heteroatoms. The lowest BCUT2D eigenvalue weighted by Gasteiger charge is -2.35. The van der Waals surface area contributed by atoms with Gasteiger partial charge in [-0.1, -0.05) is 35.9 Å². The molecule has 31 heavy (non-hydrogen) atoms. The molecule has 164 valence electrons. The lowest BCUT2D eigenvalue weighted by Crippen LogP contribution is -2.47. The summed E-state index contributed by atoms with van der Waals surface area (Å²) in [7, 11) is 1.64. The van der Waals surface area contributed by atoms with E-state index in [4.69, 9.17) is 4.98 Å². The zero-order valence-corrected chi connectivity index (χ0v) is 18.7. The fourth-order valence-electron chi connectivity index (χ4n) is 4.24. The predicted molar refractivity (Wildman–Crippen MR) is 124 cm³/mol. The van der Waals surface area contributed by atoms with Crippen molar-refractivity contribution in [1.29, 1.82) is 0 Å². The van der Waals surface area contributed by atoms with Gasteiger partial charge in [0, 0.05) is 39.8 Å². The maximum Gasteiger partial charge on any atom is 0.329 e. The maximum atomic E-state index is 12.8. The van der Waals surface area contributed by atoms with E-state index in [0.717, 1.165) is 55.4 Å². The largest absolute Gasteiger partial charge is 0.340 e. The number of fused-ring (bicyclic) bond motifs is 1. The van der Waals surface area contributed by atoms with Crippen molar-refractivity contribution in [2.24, 2.45) is 7.05 Å². The van der Waals surface area contributed by atoms with E-state index >= 15 is 0 Å². The van der Waals surface area contributed by atoms with Crippen LogP contribution >= 0.6 is 0 Å². The van der Waals surface area contributed by atoms with Crippen molar-refractivity contribution in [3.8, 4) is 0 Å². The first-order valence-electron chi connectivity index (χ1n) is 10.6. The van der Waals surface area contributed by atoms with Crippen LogP contribution < -0.4 is 16.1 Å². The number of imidazole rings is 1. The zero-order chi connectivity index (χ0) is 22.3. The highest BCUT2D eigenvalue weighted by atomic mass is 16.2. The fraction of sp³-hybridized carbons (Fsp3) is 0.435. The smallest absolute Gasteiger partial charge is 0.329 e. The zero-order valence-electron chi connectivity index (χ0n) is 18.7. The van der Waals surface area contributed by atoms with Gasteiger partial charge < -0.3 is 4.90 Å². The number of nitrogens with one attached hydrogen (secondary N) is 1. The van der Waals surface area contributed by atoms with Crippen LogP contribution in [0.2, 0.25) is 0 Å². The van der Waals surface area contributed by atoms with Gasteiger partial charge in [-0.25, -0.2) is 4.79 Å². The summed E-state index contributed by atoms with van der Waals surface area (Å²) in [5.41, 5.74) is 4.61. The monoisotopic (exact) mass is 422 g/mol. The molecular weight excluding hydrogens is 392 g/mol. The summed E-state index contributed by atoms with van der Waals surface area (Å²) in [6.45, 7) is 15.0. The van der Waals surface area contributed by atoms with E-state index in [1.54, 1.807) is 7.05 Å². The Morgan fingerprint density at radius 1 is 1.16 bits per heavy atom. The van der Waals surface area contributed by atoms with E-state index < -0.39 is 11.2 Å². The lowest BCUT2D eigenvalue weighted by atomic mass is 10.1. The molecule has 3 aromatic rings. The first-order chi connectivity index (χ1) is 14.7. The van der Waals surface area contributed by atoms with E-state index in [0.29, 0.717) is 17.7 Å².